The first-order chi connectivity index (χ1) is 5.29. The van der Waals surface area contributed by atoms with Crippen LogP contribution in [0.4, 0.5) is 0 Å². The van der Waals surface area contributed by atoms with Crippen LogP contribution in [0.2, 0.25) is 0 Å². The van der Waals surface area contributed by atoms with Gasteiger partial charge in [0.15, 0.2) is 0 Å². The van der Waals surface area contributed by atoms with Crippen molar-refractivity contribution >= 4 is 0 Å². The molecule has 2 aliphatic carbocycles. The van der Waals surface area contributed by atoms with Crippen LogP contribution in [0.3, 0.4) is 0 Å². The Hall–Kier alpha value is 0. The number of hydrogen-bond donors (Lipinski definition) is 0. The second-order valence-electron chi connectivity index (χ2n) is 5.02. The van der Waals surface area contributed by atoms with E-state index >= 15 is 0 Å². The molecule has 0 saturated heterocycles. The maximum atomic E-state index is 2.51. The quantitative estimate of drug-likeness (QED) is 0.496. The summed E-state index contributed by atoms with van der Waals surface area (Å²) in [5.74, 6) is 1.11. The Bertz CT molecular complexity index is 137. The molecule has 0 aromatic heterocycles. The summed E-state index contributed by atoms with van der Waals surface area (Å²) >= 11 is 0. The molecule has 0 heteroatoms. The lowest BCUT2D eigenvalue weighted by Crippen LogP contribution is -2.13. The molecule has 2 fully saturated rings. The van der Waals surface area contributed by atoms with Gasteiger partial charge in [0.25, 0.3) is 0 Å². The standard InChI is InChI=1S/C11H20/c1-11-7-4-2-3-5-10(9-11)6-8-11/h10H,2-9H2,1H3. The normalized spacial score (nSPS) is 45.0. The molecule has 2 atom stereocenters. The predicted octanol–water partition coefficient (Wildman–Crippen LogP) is 3.76. The van der Waals surface area contributed by atoms with Crippen LogP contribution >= 0.6 is 0 Å². The third-order valence-corrected chi connectivity index (χ3v) is 3.83. The summed E-state index contributed by atoms with van der Waals surface area (Å²) in [6.45, 7) is 2.51. The minimum atomic E-state index is 0.769. The smallest absolute Gasteiger partial charge is 0.0323 e. The highest BCUT2D eigenvalue weighted by Gasteiger charge is 2.34. The second kappa shape index (κ2) is 2.80. The zero-order valence-electron chi connectivity index (χ0n) is 7.73. The Morgan fingerprint density at radius 2 is 1.91 bits per heavy atom. The first kappa shape index (κ1) is 7.64. The fraction of sp³-hybridized carbons (Fsp3) is 1.00. The van der Waals surface area contributed by atoms with Crippen LogP contribution < -0.4 is 0 Å². The molecule has 0 N–H and O–H groups in total. The molecule has 0 aromatic rings. The molecule has 0 nitrogen and oxygen atoms in total. The number of rotatable bonds is 0. The number of hydrogen-bond acceptors (Lipinski definition) is 0. The maximum absolute atomic E-state index is 2.51. The van der Waals surface area contributed by atoms with Gasteiger partial charge < -0.3 is 0 Å². The van der Waals surface area contributed by atoms with Gasteiger partial charge in [0.2, 0.25) is 0 Å². The molecule has 2 rings (SSSR count). The molecule has 64 valence electrons. The van der Waals surface area contributed by atoms with E-state index in [-0.39, 0.29) is 0 Å². The van der Waals surface area contributed by atoms with E-state index in [1.807, 2.05) is 0 Å². The van der Waals surface area contributed by atoms with E-state index in [9.17, 15) is 0 Å². The minimum Gasteiger partial charge on any atom is -0.0596 e. The van der Waals surface area contributed by atoms with Crippen molar-refractivity contribution in [1.29, 1.82) is 0 Å². The van der Waals surface area contributed by atoms with Crippen molar-refractivity contribution in [2.24, 2.45) is 11.3 Å². The van der Waals surface area contributed by atoms with Gasteiger partial charge in [-0.2, -0.15) is 0 Å². The topological polar surface area (TPSA) is 0 Å². The van der Waals surface area contributed by atoms with Crippen molar-refractivity contribution in [2.75, 3.05) is 0 Å². The first-order valence-corrected chi connectivity index (χ1v) is 5.29. The average Bonchev–Trinajstić information content (AvgIpc) is 2.31. The summed E-state index contributed by atoms with van der Waals surface area (Å²) in [6, 6.07) is 0. The van der Waals surface area contributed by atoms with E-state index in [1.54, 1.807) is 6.42 Å². The molecule has 2 saturated carbocycles. The van der Waals surface area contributed by atoms with Gasteiger partial charge in [0.1, 0.15) is 0 Å². The lowest BCUT2D eigenvalue weighted by molar-refractivity contribution is 0.262. The van der Waals surface area contributed by atoms with Gasteiger partial charge in [-0.3, -0.25) is 0 Å². The highest BCUT2D eigenvalue weighted by molar-refractivity contribution is 4.86. The highest BCUT2D eigenvalue weighted by Crippen LogP contribution is 2.48. The van der Waals surface area contributed by atoms with Crippen molar-refractivity contribution in [3.8, 4) is 0 Å². The Kier molecular flexibility index (Phi) is 1.95. The van der Waals surface area contributed by atoms with Crippen LogP contribution in [0.25, 0.3) is 0 Å². The van der Waals surface area contributed by atoms with Gasteiger partial charge >= 0.3 is 0 Å². The summed E-state index contributed by atoms with van der Waals surface area (Å²) in [6.07, 6.45) is 12.2. The van der Waals surface area contributed by atoms with E-state index in [4.69, 9.17) is 0 Å². The van der Waals surface area contributed by atoms with Gasteiger partial charge in [-0.05, 0) is 37.0 Å². The molecule has 11 heavy (non-hydrogen) atoms. The van der Waals surface area contributed by atoms with E-state index in [0.717, 1.165) is 11.3 Å². The monoisotopic (exact) mass is 152 g/mol. The van der Waals surface area contributed by atoms with Crippen LogP contribution in [0, 0.1) is 11.3 Å². The largest absolute Gasteiger partial charge is 0.0596 e. The molecule has 0 spiro atoms. The molecule has 2 aliphatic rings. The van der Waals surface area contributed by atoms with Crippen molar-refractivity contribution in [3.05, 3.63) is 0 Å². The van der Waals surface area contributed by atoms with Gasteiger partial charge in [-0.1, -0.05) is 32.6 Å². The fourth-order valence-electron chi connectivity index (χ4n) is 3.09. The molecule has 2 unspecified atom stereocenters. The third-order valence-electron chi connectivity index (χ3n) is 3.83. The van der Waals surface area contributed by atoms with Crippen LogP contribution in [0.1, 0.15) is 58.3 Å². The average molecular weight is 152 g/mol. The summed E-state index contributed by atoms with van der Waals surface area (Å²) in [7, 11) is 0. The zero-order chi connectivity index (χ0) is 7.73. The molecule has 0 aromatic carbocycles. The maximum Gasteiger partial charge on any atom is -0.0323 e. The van der Waals surface area contributed by atoms with Crippen LogP contribution in [0.5, 0.6) is 0 Å². The minimum absolute atomic E-state index is 0.769. The van der Waals surface area contributed by atoms with Crippen LogP contribution in [0.15, 0.2) is 0 Å². The van der Waals surface area contributed by atoms with E-state index < -0.39 is 0 Å². The van der Waals surface area contributed by atoms with Gasteiger partial charge in [0, 0.05) is 0 Å². The molecule has 2 bridgehead atoms. The van der Waals surface area contributed by atoms with Crippen molar-refractivity contribution in [2.45, 2.75) is 58.3 Å². The summed E-state index contributed by atoms with van der Waals surface area (Å²) < 4.78 is 0. The van der Waals surface area contributed by atoms with Crippen molar-refractivity contribution in [1.82, 2.24) is 0 Å². The van der Waals surface area contributed by atoms with Crippen LogP contribution in [-0.4, -0.2) is 0 Å². The highest BCUT2D eigenvalue weighted by atomic mass is 14.4. The van der Waals surface area contributed by atoms with E-state index in [0.29, 0.717) is 0 Å². The summed E-state index contributed by atoms with van der Waals surface area (Å²) in [4.78, 5) is 0. The van der Waals surface area contributed by atoms with Crippen molar-refractivity contribution in [3.63, 3.8) is 0 Å². The summed E-state index contributed by atoms with van der Waals surface area (Å²) in [5.41, 5.74) is 0.769. The lowest BCUT2D eigenvalue weighted by Gasteiger charge is -2.26. The molecule has 0 radical (unpaired) electrons. The third kappa shape index (κ3) is 1.60. The predicted molar refractivity (Wildman–Crippen MR) is 48.5 cm³/mol. The van der Waals surface area contributed by atoms with Gasteiger partial charge in [-0.25, -0.2) is 0 Å². The van der Waals surface area contributed by atoms with E-state index in [2.05, 4.69) is 6.92 Å². The Balaban J connectivity index is 2.02. The van der Waals surface area contributed by atoms with E-state index in [1.165, 1.54) is 44.9 Å². The summed E-state index contributed by atoms with van der Waals surface area (Å²) in [5, 5.41) is 0. The molecule has 0 aliphatic heterocycles. The first-order valence-electron chi connectivity index (χ1n) is 5.29. The number of fused-ring (bicyclic) bond motifs is 2. The molecule has 0 amide bonds. The molecule has 0 heterocycles. The zero-order valence-corrected chi connectivity index (χ0v) is 7.73. The molecular formula is C11H20. The molecular weight excluding hydrogens is 132 g/mol. The second-order valence-corrected chi connectivity index (χ2v) is 5.02. The van der Waals surface area contributed by atoms with Crippen molar-refractivity contribution < 1.29 is 0 Å². The lowest BCUT2D eigenvalue weighted by atomic mass is 9.80. The Morgan fingerprint density at radius 3 is 2.82 bits per heavy atom. The SMILES string of the molecule is CC12CCCCCC(CC1)C2. The fourth-order valence-corrected chi connectivity index (χ4v) is 3.09. The van der Waals surface area contributed by atoms with Crippen LogP contribution in [-0.2, 0) is 0 Å². The van der Waals surface area contributed by atoms with Gasteiger partial charge in [0.05, 0.1) is 0 Å². The Labute approximate surface area is 70.4 Å². The van der Waals surface area contributed by atoms with Gasteiger partial charge in [-0.15, -0.1) is 0 Å². The Morgan fingerprint density at radius 1 is 1.00 bits per heavy atom.